The molecule has 120 valence electrons. The van der Waals surface area contributed by atoms with Crippen LogP contribution in [0.1, 0.15) is 32.4 Å². The second-order valence-corrected chi connectivity index (χ2v) is 7.81. The maximum absolute atomic E-state index is 12.4. The third-order valence-corrected chi connectivity index (χ3v) is 5.74. The topological polar surface area (TPSA) is 80.6 Å². The Morgan fingerprint density at radius 3 is 2.86 bits per heavy atom. The Bertz CT molecular complexity index is 579. The predicted molar refractivity (Wildman–Crippen MR) is 82.6 cm³/mol. The van der Waals surface area contributed by atoms with Gasteiger partial charge in [-0.25, -0.2) is 13.1 Å². The van der Waals surface area contributed by atoms with E-state index in [1.165, 1.54) is 6.07 Å². The molecule has 6 nitrogen and oxygen atoms in total. The van der Waals surface area contributed by atoms with E-state index >= 15 is 0 Å². The zero-order chi connectivity index (χ0) is 15.5. The second-order valence-electron chi connectivity index (χ2n) is 5.36. The number of nitrogens with one attached hydrogen (secondary N) is 2. The zero-order valence-corrected chi connectivity index (χ0v) is 14.6. The van der Waals surface area contributed by atoms with Gasteiger partial charge < -0.3 is 14.5 Å². The fraction of sp³-hybridized carbons (Fsp3) is 0.692. The normalized spacial score (nSPS) is 22.8. The summed E-state index contributed by atoms with van der Waals surface area (Å²) >= 11 is 3.17. The molecule has 2 N–H and O–H groups in total. The van der Waals surface area contributed by atoms with Crippen LogP contribution < -0.4 is 10.0 Å². The van der Waals surface area contributed by atoms with Crippen LogP contribution in [0, 0.1) is 0 Å². The van der Waals surface area contributed by atoms with E-state index in [0.29, 0.717) is 18.9 Å². The summed E-state index contributed by atoms with van der Waals surface area (Å²) in [7, 11) is -3.62. The van der Waals surface area contributed by atoms with Gasteiger partial charge in [-0.3, -0.25) is 0 Å². The third-order valence-electron chi connectivity index (χ3n) is 3.48. The lowest BCUT2D eigenvalue weighted by Gasteiger charge is -2.23. The number of furan rings is 1. The van der Waals surface area contributed by atoms with Crippen LogP contribution >= 0.6 is 15.9 Å². The molecule has 1 fully saturated rings. The monoisotopic (exact) mass is 380 g/mol. The summed E-state index contributed by atoms with van der Waals surface area (Å²) in [5, 5.41) is 3.09. The molecule has 1 saturated heterocycles. The van der Waals surface area contributed by atoms with Crippen molar-refractivity contribution in [1.29, 1.82) is 0 Å². The molecular weight excluding hydrogens is 360 g/mol. The van der Waals surface area contributed by atoms with Crippen LogP contribution in [0.15, 0.2) is 20.0 Å². The molecule has 8 heteroatoms. The highest BCUT2D eigenvalue weighted by molar-refractivity contribution is 9.10. The number of halogens is 1. The quantitative estimate of drug-likeness (QED) is 0.755. The molecule has 2 rings (SSSR count). The van der Waals surface area contributed by atoms with Crippen molar-refractivity contribution in [2.24, 2.45) is 0 Å². The van der Waals surface area contributed by atoms with Gasteiger partial charge in [-0.1, -0.05) is 6.92 Å². The Morgan fingerprint density at radius 2 is 2.24 bits per heavy atom. The summed E-state index contributed by atoms with van der Waals surface area (Å²) in [5.41, 5.74) is -0.421. The molecule has 0 bridgehead atoms. The van der Waals surface area contributed by atoms with Crippen LogP contribution in [0.2, 0.25) is 0 Å². The molecule has 0 radical (unpaired) electrons. The van der Waals surface area contributed by atoms with Crippen molar-refractivity contribution in [3.63, 3.8) is 0 Å². The molecule has 1 aliphatic heterocycles. The molecular formula is C13H21BrN2O4S. The highest BCUT2D eigenvalue weighted by atomic mass is 79.9. The van der Waals surface area contributed by atoms with Crippen molar-refractivity contribution in [1.82, 2.24) is 10.0 Å². The van der Waals surface area contributed by atoms with Gasteiger partial charge in [-0.05, 0) is 42.2 Å². The van der Waals surface area contributed by atoms with Gasteiger partial charge >= 0.3 is 0 Å². The lowest BCUT2D eigenvalue weighted by atomic mass is 10.0. The number of rotatable bonds is 7. The second kappa shape index (κ2) is 6.78. The minimum absolute atomic E-state index is 0.122. The molecule has 0 aromatic carbocycles. The van der Waals surface area contributed by atoms with E-state index in [9.17, 15) is 8.42 Å². The maximum atomic E-state index is 12.4. The number of ether oxygens (including phenoxy) is 1. The highest BCUT2D eigenvalue weighted by Crippen LogP contribution is 2.28. The average molecular weight is 381 g/mol. The van der Waals surface area contributed by atoms with Crippen LogP contribution in [0.25, 0.3) is 0 Å². The van der Waals surface area contributed by atoms with E-state index in [0.717, 1.165) is 19.4 Å². The number of hydrogen-bond acceptors (Lipinski definition) is 5. The van der Waals surface area contributed by atoms with Crippen LogP contribution in [0.5, 0.6) is 0 Å². The number of sulfonamides is 1. The SMILES string of the molecule is CCNCc1cc(S(=O)(=O)NCC2(C)CCCO2)c(Br)o1. The molecule has 1 aromatic rings. The van der Waals surface area contributed by atoms with Crippen molar-refractivity contribution in [3.8, 4) is 0 Å². The molecule has 1 aromatic heterocycles. The van der Waals surface area contributed by atoms with Gasteiger partial charge in [0.2, 0.25) is 10.0 Å². The van der Waals surface area contributed by atoms with Gasteiger partial charge in [0.05, 0.1) is 12.1 Å². The van der Waals surface area contributed by atoms with Crippen LogP contribution in [-0.4, -0.2) is 33.7 Å². The molecule has 21 heavy (non-hydrogen) atoms. The van der Waals surface area contributed by atoms with Gasteiger partial charge in [-0.2, -0.15) is 0 Å². The first-order chi connectivity index (χ1) is 9.86. The highest BCUT2D eigenvalue weighted by Gasteiger charge is 2.32. The van der Waals surface area contributed by atoms with Crippen molar-refractivity contribution in [2.45, 2.75) is 43.7 Å². The predicted octanol–water partition coefficient (Wildman–Crippen LogP) is 2.00. The van der Waals surface area contributed by atoms with Crippen LogP contribution in [0.3, 0.4) is 0 Å². The first-order valence-electron chi connectivity index (χ1n) is 6.99. The standard InChI is InChI=1S/C13H21BrN2O4S/c1-3-15-8-10-7-11(12(14)20-10)21(17,18)16-9-13(2)5-4-6-19-13/h7,15-16H,3-6,8-9H2,1-2H3. The summed E-state index contributed by atoms with van der Waals surface area (Å²) < 4.78 is 38.5. The van der Waals surface area contributed by atoms with Crippen molar-refractivity contribution in [3.05, 3.63) is 16.5 Å². The summed E-state index contributed by atoms with van der Waals surface area (Å²) in [4.78, 5) is 0.122. The average Bonchev–Trinajstić information content (AvgIpc) is 3.02. The van der Waals surface area contributed by atoms with Gasteiger partial charge in [0.15, 0.2) is 4.67 Å². The smallest absolute Gasteiger partial charge is 0.245 e. The molecule has 0 aliphatic carbocycles. The van der Waals surface area contributed by atoms with Crippen molar-refractivity contribution >= 4 is 26.0 Å². The number of hydrogen-bond donors (Lipinski definition) is 2. The first kappa shape index (κ1) is 17.0. The van der Waals surface area contributed by atoms with E-state index in [1.807, 2.05) is 13.8 Å². The Hall–Kier alpha value is -0.410. The van der Waals surface area contributed by atoms with Gasteiger partial charge in [0, 0.05) is 19.2 Å². The van der Waals surface area contributed by atoms with Crippen LogP contribution in [0.4, 0.5) is 0 Å². The Balaban J connectivity index is 2.06. The van der Waals surface area contributed by atoms with E-state index in [1.54, 1.807) is 0 Å². The van der Waals surface area contributed by atoms with Crippen molar-refractivity contribution in [2.75, 3.05) is 19.7 Å². The zero-order valence-electron chi connectivity index (χ0n) is 12.2. The molecule has 1 atom stereocenters. The Morgan fingerprint density at radius 1 is 1.48 bits per heavy atom. The fourth-order valence-electron chi connectivity index (χ4n) is 2.22. The lowest BCUT2D eigenvalue weighted by molar-refractivity contribution is 0.0250. The summed E-state index contributed by atoms with van der Waals surface area (Å²) in [6.45, 7) is 6.11. The van der Waals surface area contributed by atoms with Crippen LogP contribution in [-0.2, 0) is 21.3 Å². The maximum Gasteiger partial charge on any atom is 0.245 e. The Labute approximate surface area is 133 Å². The van der Waals surface area contributed by atoms with E-state index in [-0.39, 0.29) is 16.1 Å². The van der Waals surface area contributed by atoms with E-state index in [4.69, 9.17) is 9.15 Å². The first-order valence-corrected chi connectivity index (χ1v) is 9.26. The minimum Gasteiger partial charge on any atom is -0.452 e. The fourth-order valence-corrected chi connectivity index (χ4v) is 4.37. The minimum atomic E-state index is -3.62. The van der Waals surface area contributed by atoms with E-state index < -0.39 is 15.6 Å². The summed E-state index contributed by atoms with van der Waals surface area (Å²) in [5.74, 6) is 0.576. The molecule has 0 saturated carbocycles. The van der Waals surface area contributed by atoms with Gasteiger partial charge in [0.1, 0.15) is 10.7 Å². The molecule has 0 spiro atoms. The van der Waals surface area contributed by atoms with E-state index in [2.05, 4.69) is 26.0 Å². The van der Waals surface area contributed by atoms with Crippen molar-refractivity contribution < 1.29 is 17.6 Å². The lowest BCUT2D eigenvalue weighted by Crippen LogP contribution is -2.40. The van der Waals surface area contributed by atoms with Gasteiger partial charge in [0.25, 0.3) is 0 Å². The summed E-state index contributed by atoms with van der Waals surface area (Å²) in [6.07, 6.45) is 1.81. The Kier molecular flexibility index (Phi) is 5.48. The molecule has 0 amide bonds. The van der Waals surface area contributed by atoms with Gasteiger partial charge in [-0.15, -0.1) is 0 Å². The summed E-state index contributed by atoms with van der Waals surface area (Å²) in [6, 6.07) is 1.53. The third kappa shape index (κ3) is 4.29. The molecule has 2 heterocycles. The largest absolute Gasteiger partial charge is 0.452 e. The molecule has 1 unspecified atom stereocenters. The molecule has 1 aliphatic rings.